The molecule has 20 heavy (non-hydrogen) atoms. The second-order valence-corrected chi connectivity index (χ2v) is 5.95. The normalized spacial score (nSPS) is 25.4. The van der Waals surface area contributed by atoms with Gasteiger partial charge in [0.2, 0.25) is 6.79 Å². The smallest absolute Gasteiger partial charge is 0.231 e. The van der Waals surface area contributed by atoms with Crippen LogP contribution in [-0.2, 0) is 0 Å². The molecule has 2 heterocycles. The van der Waals surface area contributed by atoms with Crippen molar-refractivity contribution in [1.29, 1.82) is 0 Å². The minimum Gasteiger partial charge on any atom is -0.454 e. The summed E-state index contributed by atoms with van der Waals surface area (Å²) in [4.78, 5) is 2.55. The lowest BCUT2D eigenvalue weighted by Gasteiger charge is -2.42. The number of likely N-dealkylation sites (tertiary alicyclic amines) is 1. The number of nitrogens with two attached hydrogens (primary N) is 1. The van der Waals surface area contributed by atoms with E-state index in [1.807, 2.05) is 6.07 Å². The highest BCUT2D eigenvalue weighted by atomic mass is 16.7. The third-order valence-electron chi connectivity index (χ3n) is 4.58. The highest BCUT2D eigenvalue weighted by molar-refractivity contribution is 5.45. The van der Waals surface area contributed by atoms with E-state index < -0.39 is 0 Å². The Kier molecular flexibility index (Phi) is 3.85. The number of hydrogen-bond donors (Lipinski definition) is 1. The van der Waals surface area contributed by atoms with Crippen molar-refractivity contribution < 1.29 is 9.47 Å². The molecule has 4 nitrogen and oxygen atoms in total. The molecule has 1 saturated heterocycles. The Hall–Kier alpha value is -1.26. The van der Waals surface area contributed by atoms with Crippen molar-refractivity contribution in [1.82, 2.24) is 4.90 Å². The van der Waals surface area contributed by atoms with Crippen molar-refractivity contribution in [2.75, 3.05) is 13.3 Å². The molecule has 3 unspecified atom stereocenters. The Labute approximate surface area is 120 Å². The van der Waals surface area contributed by atoms with E-state index >= 15 is 0 Å². The summed E-state index contributed by atoms with van der Waals surface area (Å²) >= 11 is 0. The van der Waals surface area contributed by atoms with Gasteiger partial charge in [0.1, 0.15) is 0 Å². The zero-order valence-electron chi connectivity index (χ0n) is 12.3. The summed E-state index contributed by atoms with van der Waals surface area (Å²) in [5, 5.41) is 0. The molecule has 0 saturated carbocycles. The van der Waals surface area contributed by atoms with Crippen LogP contribution in [0.2, 0.25) is 0 Å². The second-order valence-electron chi connectivity index (χ2n) is 5.95. The number of nitrogens with zero attached hydrogens (tertiary/aromatic N) is 1. The molecule has 0 aromatic heterocycles. The van der Waals surface area contributed by atoms with Crippen LogP contribution in [0.4, 0.5) is 0 Å². The number of hydrogen-bond acceptors (Lipinski definition) is 4. The first-order valence-electron chi connectivity index (χ1n) is 7.57. The summed E-state index contributed by atoms with van der Waals surface area (Å²) in [7, 11) is 0. The SMILES string of the molecule is CC(N)C1CCCCN1C(C)c1ccc2c(c1)OCO2. The molecule has 0 radical (unpaired) electrons. The van der Waals surface area contributed by atoms with Gasteiger partial charge in [-0.15, -0.1) is 0 Å². The van der Waals surface area contributed by atoms with Crippen LogP contribution in [0.25, 0.3) is 0 Å². The average molecular weight is 276 g/mol. The van der Waals surface area contributed by atoms with Crippen molar-refractivity contribution in [2.45, 2.75) is 51.2 Å². The van der Waals surface area contributed by atoms with Gasteiger partial charge in [-0.25, -0.2) is 0 Å². The van der Waals surface area contributed by atoms with Gasteiger partial charge >= 0.3 is 0 Å². The molecule has 2 N–H and O–H groups in total. The Morgan fingerprint density at radius 3 is 2.80 bits per heavy atom. The van der Waals surface area contributed by atoms with Gasteiger partial charge in [-0.3, -0.25) is 4.90 Å². The van der Waals surface area contributed by atoms with Crippen molar-refractivity contribution in [2.24, 2.45) is 5.73 Å². The third-order valence-corrected chi connectivity index (χ3v) is 4.58. The number of ether oxygens (including phenoxy) is 2. The largest absolute Gasteiger partial charge is 0.454 e. The number of rotatable bonds is 3. The minimum atomic E-state index is 0.215. The molecule has 110 valence electrons. The number of piperidine rings is 1. The first-order chi connectivity index (χ1) is 9.66. The molecule has 3 atom stereocenters. The van der Waals surface area contributed by atoms with E-state index in [1.54, 1.807) is 0 Å². The summed E-state index contributed by atoms with van der Waals surface area (Å²) in [5.41, 5.74) is 7.46. The van der Waals surface area contributed by atoms with Gasteiger partial charge in [-0.05, 0) is 50.9 Å². The summed E-state index contributed by atoms with van der Waals surface area (Å²) in [5.74, 6) is 1.71. The predicted molar refractivity (Wildman–Crippen MR) is 79.0 cm³/mol. The maximum atomic E-state index is 6.18. The van der Waals surface area contributed by atoms with Crippen LogP contribution in [0.3, 0.4) is 0 Å². The van der Waals surface area contributed by atoms with Gasteiger partial charge in [0.15, 0.2) is 11.5 Å². The standard InChI is InChI=1S/C16H24N2O2/c1-11(17)14-5-3-4-8-18(14)12(2)13-6-7-15-16(9-13)20-10-19-15/h6-7,9,11-12,14H,3-5,8,10,17H2,1-2H3. The summed E-state index contributed by atoms with van der Waals surface area (Å²) < 4.78 is 10.9. The Morgan fingerprint density at radius 2 is 2.00 bits per heavy atom. The summed E-state index contributed by atoms with van der Waals surface area (Å²) in [6.45, 7) is 5.84. The molecule has 2 aliphatic rings. The van der Waals surface area contributed by atoms with Gasteiger partial charge in [0.25, 0.3) is 0 Å². The third kappa shape index (κ3) is 2.50. The van der Waals surface area contributed by atoms with Crippen molar-refractivity contribution in [3.63, 3.8) is 0 Å². The molecule has 2 aliphatic heterocycles. The molecule has 1 fully saturated rings. The second kappa shape index (κ2) is 5.62. The van der Waals surface area contributed by atoms with Crippen LogP contribution in [0.15, 0.2) is 18.2 Å². The molecule has 0 spiro atoms. The molecule has 0 aliphatic carbocycles. The molecule has 0 bridgehead atoms. The van der Waals surface area contributed by atoms with E-state index in [9.17, 15) is 0 Å². The number of benzene rings is 1. The predicted octanol–water partition coefficient (Wildman–Crippen LogP) is 2.68. The fourth-order valence-electron chi connectivity index (χ4n) is 3.39. The van der Waals surface area contributed by atoms with E-state index in [-0.39, 0.29) is 6.04 Å². The first-order valence-corrected chi connectivity index (χ1v) is 7.57. The van der Waals surface area contributed by atoms with Gasteiger partial charge < -0.3 is 15.2 Å². The molecule has 4 heteroatoms. The molecular weight excluding hydrogens is 252 g/mol. The molecule has 3 rings (SSSR count). The summed E-state index contributed by atoms with van der Waals surface area (Å²) in [6, 6.07) is 7.32. The zero-order chi connectivity index (χ0) is 14.1. The van der Waals surface area contributed by atoms with E-state index in [1.165, 1.54) is 24.8 Å². The van der Waals surface area contributed by atoms with Crippen molar-refractivity contribution in [3.05, 3.63) is 23.8 Å². The first kappa shape index (κ1) is 13.7. The monoisotopic (exact) mass is 276 g/mol. The van der Waals surface area contributed by atoms with Crippen LogP contribution in [-0.4, -0.2) is 30.3 Å². The van der Waals surface area contributed by atoms with Gasteiger partial charge in [-0.2, -0.15) is 0 Å². The lowest BCUT2D eigenvalue weighted by atomic mass is 9.93. The van der Waals surface area contributed by atoms with E-state index in [2.05, 4.69) is 30.9 Å². The van der Waals surface area contributed by atoms with E-state index in [4.69, 9.17) is 15.2 Å². The zero-order valence-corrected chi connectivity index (χ0v) is 12.3. The molecule has 0 amide bonds. The van der Waals surface area contributed by atoms with E-state index in [0.717, 1.165) is 18.0 Å². The molecule has 1 aromatic carbocycles. The van der Waals surface area contributed by atoms with Crippen LogP contribution >= 0.6 is 0 Å². The highest BCUT2D eigenvalue weighted by Gasteiger charge is 2.30. The fraction of sp³-hybridized carbons (Fsp3) is 0.625. The highest BCUT2D eigenvalue weighted by Crippen LogP contribution is 2.37. The Bertz CT molecular complexity index is 476. The lowest BCUT2D eigenvalue weighted by molar-refractivity contribution is 0.0889. The van der Waals surface area contributed by atoms with Crippen LogP contribution in [0.1, 0.15) is 44.7 Å². The Balaban J connectivity index is 1.81. The molecular formula is C16H24N2O2. The van der Waals surface area contributed by atoms with E-state index in [0.29, 0.717) is 18.9 Å². The number of fused-ring (bicyclic) bond motifs is 1. The molecule has 1 aromatic rings. The van der Waals surface area contributed by atoms with Crippen molar-refractivity contribution >= 4 is 0 Å². The quantitative estimate of drug-likeness (QED) is 0.922. The summed E-state index contributed by atoms with van der Waals surface area (Å²) in [6.07, 6.45) is 3.75. The van der Waals surface area contributed by atoms with Gasteiger partial charge in [0.05, 0.1) is 0 Å². The average Bonchev–Trinajstić information content (AvgIpc) is 2.93. The minimum absolute atomic E-state index is 0.215. The van der Waals surface area contributed by atoms with Crippen LogP contribution in [0, 0.1) is 0 Å². The maximum Gasteiger partial charge on any atom is 0.231 e. The van der Waals surface area contributed by atoms with Gasteiger partial charge in [0, 0.05) is 18.1 Å². The Morgan fingerprint density at radius 1 is 1.20 bits per heavy atom. The van der Waals surface area contributed by atoms with Crippen LogP contribution in [0.5, 0.6) is 11.5 Å². The maximum absolute atomic E-state index is 6.18. The van der Waals surface area contributed by atoms with Crippen molar-refractivity contribution in [3.8, 4) is 11.5 Å². The van der Waals surface area contributed by atoms with Gasteiger partial charge in [-0.1, -0.05) is 12.5 Å². The fourth-order valence-corrected chi connectivity index (χ4v) is 3.39. The topological polar surface area (TPSA) is 47.7 Å². The van der Waals surface area contributed by atoms with Crippen LogP contribution < -0.4 is 15.2 Å². The lowest BCUT2D eigenvalue weighted by Crippen LogP contribution is -2.49.